The van der Waals surface area contributed by atoms with Gasteiger partial charge in [0.2, 0.25) is 0 Å². The van der Waals surface area contributed by atoms with E-state index in [2.05, 4.69) is 0 Å². The van der Waals surface area contributed by atoms with Crippen molar-refractivity contribution in [3.05, 3.63) is 119 Å². The van der Waals surface area contributed by atoms with E-state index in [1.54, 1.807) is 0 Å². The second kappa shape index (κ2) is 10.3. The summed E-state index contributed by atoms with van der Waals surface area (Å²) in [6.07, 6.45) is 0. The molecule has 0 aliphatic rings. The third-order valence-electron chi connectivity index (χ3n) is 5.06. The number of aryl methyl sites for hydroxylation is 4. The topological polar surface area (TPSA) is 36.9 Å². The van der Waals surface area contributed by atoms with Gasteiger partial charge in [0.1, 0.15) is 0 Å². The predicted molar refractivity (Wildman–Crippen MR) is 127 cm³/mol. The van der Waals surface area contributed by atoms with Crippen molar-refractivity contribution >= 4 is 0 Å². The van der Waals surface area contributed by atoms with E-state index in [9.17, 15) is 0 Å². The zero-order chi connectivity index (χ0) is 23.3. The molecule has 0 bridgehead atoms. The van der Waals surface area contributed by atoms with Crippen LogP contribution in [0, 0.1) is 27.7 Å². The summed E-state index contributed by atoms with van der Waals surface area (Å²) in [5, 5.41) is 0. The maximum absolute atomic E-state index is 6.50. The van der Waals surface area contributed by atoms with Crippen LogP contribution in [0.25, 0.3) is 0 Å². The van der Waals surface area contributed by atoms with E-state index in [4.69, 9.17) is 11.3 Å². The maximum atomic E-state index is 6.50. The zero-order valence-electron chi connectivity index (χ0n) is 19.4. The van der Waals surface area contributed by atoms with Gasteiger partial charge < -0.3 is 0 Å². The van der Waals surface area contributed by atoms with Crippen molar-refractivity contribution in [2.45, 2.75) is 27.7 Å². The Morgan fingerprint density at radius 2 is 0.515 bits per heavy atom. The summed E-state index contributed by atoms with van der Waals surface area (Å²) >= 11 is -4.81. The van der Waals surface area contributed by atoms with E-state index < -0.39 is 22.0 Å². The Labute approximate surface area is 202 Å². The summed E-state index contributed by atoms with van der Waals surface area (Å²) in [5.74, 6) is 2.57. The molecule has 0 amide bonds. The van der Waals surface area contributed by atoms with Crippen molar-refractivity contribution in [3.8, 4) is 23.0 Å². The SMILES string of the molecule is Cc1ccc([O][Zr]([O]c2ccc(C)cc2)([O]c2ccc(C)cc2)[O]c2ccc(C)cc2)cc1. The third-order valence-corrected chi connectivity index (χ3v) is 9.83. The summed E-state index contributed by atoms with van der Waals surface area (Å²) in [6.45, 7) is 8.15. The molecule has 0 N–H and O–H groups in total. The molecule has 0 aromatic heterocycles. The van der Waals surface area contributed by atoms with Gasteiger partial charge >= 0.3 is 203 Å². The Balaban J connectivity index is 1.77. The van der Waals surface area contributed by atoms with Crippen LogP contribution in [0.4, 0.5) is 0 Å². The van der Waals surface area contributed by atoms with E-state index in [0.717, 1.165) is 22.3 Å². The number of benzene rings is 4. The predicted octanol–water partition coefficient (Wildman–Crippen LogP) is 7.35. The second-order valence-corrected chi connectivity index (χ2v) is 12.6. The molecule has 33 heavy (non-hydrogen) atoms. The van der Waals surface area contributed by atoms with Crippen LogP contribution < -0.4 is 11.3 Å². The minimum absolute atomic E-state index is 0.641. The zero-order valence-corrected chi connectivity index (χ0v) is 21.8. The summed E-state index contributed by atoms with van der Waals surface area (Å²) in [7, 11) is 0. The van der Waals surface area contributed by atoms with Crippen LogP contribution in [0.5, 0.6) is 23.0 Å². The Bertz CT molecular complexity index is 973. The average Bonchev–Trinajstić information content (AvgIpc) is 2.80. The summed E-state index contributed by atoms with van der Waals surface area (Å²) in [4.78, 5) is 0. The van der Waals surface area contributed by atoms with Gasteiger partial charge in [0.15, 0.2) is 0 Å². The molecule has 0 heterocycles. The van der Waals surface area contributed by atoms with Crippen LogP contribution >= 0.6 is 0 Å². The fraction of sp³-hybridized carbons (Fsp3) is 0.143. The fourth-order valence-electron chi connectivity index (χ4n) is 3.13. The van der Waals surface area contributed by atoms with Crippen molar-refractivity contribution in [1.82, 2.24) is 0 Å². The fourth-order valence-corrected chi connectivity index (χ4v) is 7.92. The Kier molecular flexibility index (Phi) is 7.20. The molecule has 4 nitrogen and oxygen atoms in total. The molecule has 168 valence electrons. The van der Waals surface area contributed by atoms with E-state index in [0.29, 0.717) is 23.0 Å². The minimum atomic E-state index is -4.81. The normalized spacial score (nSPS) is 11.0. The van der Waals surface area contributed by atoms with Gasteiger partial charge in [-0.05, 0) is 0 Å². The van der Waals surface area contributed by atoms with Gasteiger partial charge in [0.05, 0.1) is 0 Å². The summed E-state index contributed by atoms with van der Waals surface area (Å²) in [6, 6.07) is 31.3. The first kappa shape index (κ1) is 23.1. The van der Waals surface area contributed by atoms with Crippen LogP contribution in [-0.4, -0.2) is 0 Å². The molecular weight excluding hydrogens is 492 g/mol. The molecular formula is C28H28O4Zr. The van der Waals surface area contributed by atoms with Crippen LogP contribution in [0.3, 0.4) is 0 Å². The molecule has 0 fully saturated rings. The summed E-state index contributed by atoms with van der Waals surface area (Å²) < 4.78 is 26.0. The Hall–Kier alpha value is -3.04. The number of hydrogen-bond acceptors (Lipinski definition) is 4. The van der Waals surface area contributed by atoms with Crippen LogP contribution in [-0.2, 0) is 22.0 Å². The molecule has 0 aliphatic carbocycles. The van der Waals surface area contributed by atoms with Gasteiger partial charge in [-0.25, -0.2) is 0 Å². The number of hydrogen-bond donors (Lipinski definition) is 0. The van der Waals surface area contributed by atoms with Gasteiger partial charge in [-0.15, -0.1) is 0 Å². The quantitative estimate of drug-likeness (QED) is 0.244. The first-order chi connectivity index (χ1) is 15.9. The van der Waals surface area contributed by atoms with E-state index in [1.165, 1.54) is 0 Å². The van der Waals surface area contributed by atoms with Crippen molar-refractivity contribution in [2.24, 2.45) is 0 Å². The third kappa shape index (κ3) is 6.49. The van der Waals surface area contributed by atoms with Crippen molar-refractivity contribution in [3.63, 3.8) is 0 Å². The van der Waals surface area contributed by atoms with E-state index >= 15 is 0 Å². The van der Waals surface area contributed by atoms with E-state index in [1.807, 2.05) is 125 Å². The molecule has 0 saturated heterocycles. The van der Waals surface area contributed by atoms with Gasteiger partial charge in [-0.1, -0.05) is 0 Å². The van der Waals surface area contributed by atoms with Gasteiger partial charge in [0, 0.05) is 0 Å². The summed E-state index contributed by atoms with van der Waals surface area (Å²) in [5.41, 5.74) is 4.56. The Morgan fingerprint density at radius 1 is 0.333 bits per heavy atom. The molecule has 0 radical (unpaired) electrons. The molecule has 0 atom stereocenters. The molecule has 0 spiro atoms. The molecule has 4 aromatic rings. The molecule has 0 unspecified atom stereocenters. The number of rotatable bonds is 8. The van der Waals surface area contributed by atoms with E-state index in [-0.39, 0.29) is 0 Å². The standard InChI is InChI=1S/4C7H8O.Zr/c4*1-6-2-4-7(8)5-3-6;/h4*2-5,8H,1H3;/q;;;;+4/p-4. The Morgan fingerprint density at radius 3 is 0.697 bits per heavy atom. The van der Waals surface area contributed by atoms with Gasteiger partial charge in [0.25, 0.3) is 0 Å². The van der Waals surface area contributed by atoms with Crippen LogP contribution in [0.1, 0.15) is 22.3 Å². The van der Waals surface area contributed by atoms with Gasteiger partial charge in [-0.2, -0.15) is 0 Å². The molecule has 5 heteroatoms. The van der Waals surface area contributed by atoms with Gasteiger partial charge in [-0.3, -0.25) is 0 Å². The molecule has 4 rings (SSSR count). The molecule has 0 aliphatic heterocycles. The van der Waals surface area contributed by atoms with Crippen molar-refractivity contribution < 1.29 is 33.3 Å². The first-order valence-corrected chi connectivity index (χ1v) is 14.9. The van der Waals surface area contributed by atoms with Crippen LogP contribution in [0.15, 0.2) is 97.1 Å². The first-order valence-electron chi connectivity index (χ1n) is 10.9. The molecule has 4 aromatic carbocycles. The van der Waals surface area contributed by atoms with Crippen LogP contribution in [0.2, 0.25) is 0 Å². The average molecular weight is 520 g/mol. The van der Waals surface area contributed by atoms with Crippen molar-refractivity contribution in [1.29, 1.82) is 0 Å². The van der Waals surface area contributed by atoms with Crippen molar-refractivity contribution in [2.75, 3.05) is 0 Å². The molecule has 0 saturated carbocycles. The monoisotopic (exact) mass is 518 g/mol. The second-order valence-electron chi connectivity index (χ2n) is 8.16.